The number of hydrogen-bond donors (Lipinski definition) is 2. The van der Waals surface area contributed by atoms with Crippen molar-refractivity contribution in [1.82, 2.24) is 10.3 Å². The van der Waals surface area contributed by atoms with Crippen molar-refractivity contribution >= 4 is 50.1 Å². The number of anilines is 1. The number of aromatic nitrogens is 1. The molecule has 0 radical (unpaired) electrons. The zero-order valence-corrected chi connectivity index (χ0v) is 17.4. The molecule has 0 spiro atoms. The zero-order valence-electron chi connectivity index (χ0n) is 15.8. The average Bonchev–Trinajstić information content (AvgIpc) is 3.11. The second kappa shape index (κ2) is 8.34. The van der Waals surface area contributed by atoms with Crippen LogP contribution in [-0.4, -0.2) is 35.8 Å². The first kappa shape index (κ1) is 19.6. The molecule has 3 N–H and O–H groups in total. The van der Waals surface area contributed by atoms with Crippen molar-refractivity contribution in [2.24, 2.45) is 5.73 Å². The smallest absolute Gasteiger partial charge is 0.319 e. The van der Waals surface area contributed by atoms with E-state index in [-0.39, 0.29) is 11.9 Å². The van der Waals surface area contributed by atoms with E-state index < -0.39 is 6.03 Å². The number of urea groups is 1. The van der Waals surface area contributed by atoms with E-state index in [0.717, 1.165) is 27.0 Å². The Balaban J connectivity index is 1.55. The third-order valence-corrected chi connectivity index (χ3v) is 6.67. The van der Waals surface area contributed by atoms with Crippen LogP contribution in [-0.2, 0) is 6.42 Å². The maximum absolute atomic E-state index is 12.9. The van der Waals surface area contributed by atoms with Gasteiger partial charge in [0.25, 0.3) is 5.91 Å². The number of benzene rings is 2. The molecule has 0 saturated carbocycles. The number of nitrogens with one attached hydrogen (secondary N) is 1. The van der Waals surface area contributed by atoms with Gasteiger partial charge in [-0.1, -0.05) is 45.9 Å². The number of pyridine rings is 1. The summed E-state index contributed by atoms with van der Waals surface area (Å²) in [7, 11) is 3.25. The van der Waals surface area contributed by atoms with Crippen LogP contribution < -0.4 is 16.0 Å². The Morgan fingerprint density at radius 2 is 2.03 bits per heavy atom. The topological polar surface area (TPSA) is 88.3 Å². The quantitative estimate of drug-likeness (QED) is 0.608. The van der Waals surface area contributed by atoms with Gasteiger partial charge in [-0.2, -0.15) is 0 Å². The second-order valence-electron chi connectivity index (χ2n) is 6.67. The maximum Gasteiger partial charge on any atom is 0.319 e. The van der Waals surface area contributed by atoms with Gasteiger partial charge in [-0.05, 0) is 42.5 Å². The van der Waals surface area contributed by atoms with Crippen LogP contribution >= 0.6 is 21.6 Å². The summed E-state index contributed by atoms with van der Waals surface area (Å²) in [5.41, 5.74) is 8.85. The summed E-state index contributed by atoms with van der Waals surface area (Å²) in [5.74, 6) is -0.191. The number of nitrogens with two attached hydrogens (primary N) is 1. The van der Waals surface area contributed by atoms with E-state index in [1.807, 2.05) is 54.8 Å². The minimum atomic E-state index is -0.512. The van der Waals surface area contributed by atoms with Crippen LogP contribution in [0.25, 0.3) is 10.9 Å². The van der Waals surface area contributed by atoms with E-state index in [9.17, 15) is 9.59 Å². The zero-order chi connectivity index (χ0) is 20.4. The van der Waals surface area contributed by atoms with Crippen LogP contribution in [0.5, 0.6) is 0 Å². The highest BCUT2D eigenvalue weighted by atomic mass is 33.1. The summed E-state index contributed by atoms with van der Waals surface area (Å²) in [4.78, 5) is 32.0. The Kier molecular flexibility index (Phi) is 5.64. The van der Waals surface area contributed by atoms with Crippen molar-refractivity contribution in [2.45, 2.75) is 17.4 Å². The normalized spacial score (nSPS) is 15.3. The monoisotopic (exact) mass is 424 g/mol. The molecule has 3 aromatic rings. The van der Waals surface area contributed by atoms with Gasteiger partial charge in [0, 0.05) is 34.3 Å². The summed E-state index contributed by atoms with van der Waals surface area (Å²) in [6.45, 7) is 0.319. The van der Waals surface area contributed by atoms with Crippen molar-refractivity contribution in [1.29, 1.82) is 0 Å². The lowest BCUT2D eigenvalue weighted by Crippen LogP contribution is -2.47. The Bertz CT molecular complexity index is 1090. The van der Waals surface area contributed by atoms with Crippen molar-refractivity contribution < 1.29 is 9.59 Å². The number of amides is 3. The Hall–Kier alpha value is -2.71. The number of para-hydroxylation sites is 1. The van der Waals surface area contributed by atoms with Crippen molar-refractivity contribution in [3.8, 4) is 0 Å². The number of fused-ring (bicyclic) bond motifs is 2. The van der Waals surface area contributed by atoms with E-state index in [1.54, 1.807) is 32.7 Å². The molecule has 3 amide bonds. The van der Waals surface area contributed by atoms with E-state index in [4.69, 9.17) is 5.73 Å². The fourth-order valence-corrected chi connectivity index (χ4v) is 5.22. The molecule has 8 heteroatoms. The molecule has 1 aromatic heterocycles. The molecule has 2 aromatic carbocycles. The van der Waals surface area contributed by atoms with Gasteiger partial charge in [0.05, 0.1) is 11.6 Å². The van der Waals surface area contributed by atoms with Crippen LogP contribution in [0.15, 0.2) is 59.6 Å². The molecule has 0 fully saturated rings. The van der Waals surface area contributed by atoms with Gasteiger partial charge < -0.3 is 11.1 Å². The molecule has 1 atom stereocenters. The number of primary amides is 1. The first-order chi connectivity index (χ1) is 14.1. The molecule has 2 heterocycles. The van der Waals surface area contributed by atoms with Gasteiger partial charge >= 0.3 is 6.03 Å². The van der Waals surface area contributed by atoms with Gasteiger partial charge in [-0.15, -0.1) is 0 Å². The Morgan fingerprint density at radius 1 is 1.21 bits per heavy atom. The fourth-order valence-electron chi connectivity index (χ4n) is 3.73. The molecule has 1 aliphatic heterocycles. The molecule has 29 heavy (non-hydrogen) atoms. The van der Waals surface area contributed by atoms with Gasteiger partial charge in [0.2, 0.25) is 0 Å². The predicted octanol–water partition coefficient (Wildman–Crippen LogP) is 3.84. The second-order valence-corrected chi connectivity index (χ2v) is 9.11. The summed E-state index contributed by atoms with van der Waals surface area (Å²) < 4.78 is 0. The summed E-state index contributed by atoms with van der Waals surface area (Å²) >= 11 is 0. The third-order valence-electron chi connectivity index (χ3n) is 4.96. The minimum absolute atomic E-state index is 0.191. The summed E-state index contributed by atoms with van der Waals surface area (Å²) in [5, 5.41) is 3.79. The minimum Gasteiger partial charge on any atom is -0.351 e. The molecule has 0 saturated heterocycles. The molecule has 0 aliphatic carbocycles. The lowest BCUT2D eigenvalue weighted by atomic mass is 10.1. The van der Waals surface area contributed by atoms with Gasteiger partial charge in [0.15, 0.2) is 0 Å². The van der Waals surface area contributed by atoms with E-state index in [0.29, 0.717) is 18.5 Å². The lowest BCUT2D eigenvalue weighted by Gasteiger charge is -2.24. The fraction of sp³-hybridized carbons (Fsp3) is 0.190. The summed E-state index contributed by atoms with van der Waals surface area (Å²) in [6.07, 6.45) is 4.39. The lowest BCUT2D eigenvalue weighted by molar-refractivity contribution is 0.0952. The number of carbonyl (C=O) groups excluding carboxylic acids is 2. The Morgan fingerprint density at radius 3 is 2.83 bits per heavy atom. The number of nitrogens with zero attached hydrogens (tertiary/aromatic N) is 2. The standard InChI is InChI=1S/C21H20N4O2S2/c1-28-29-18-9-8-16(15-6-4-10-23-19(15)18)20(26)24-12-14-11-13-5-2-3-7-17(13)25(14)21(22)27/h2-10,14H,11-12H2,1H3,(H2,22,27)(H,24,26). The molecule has 4 rings (SSSR count). The van der Waals surface area contributed by atoms with Crippen molar-refractivity contribution in [3.05, 3.63) is 65.9 Å². The third kappa shape index (κ3) is 3.77. The first-order valence-corrected chi connectivity index (χ1v) is 11.7. The maximum atomic E-state index is 12.9. The molecule has 0 bridgehead atoms. The molecular formula is C21H20N4O2S2. The highest BCUT2D eigenvalue weighted by Crippen LogP contribution is 2.35. The van der Waals surface area contributed by atoms with Gasteiger partial charge in [-0.3, -0.25) is 14.7 Å². The Labute approximate surface area is 176 Å². The number of carbonyl (C=O) groups is 2. The molecule has 6 nitrogen and oxygen atoms in total. The molecule has 1 aliphatic rings. The van der Waals surface area contributed by atoms with Crippen LogP contribution in [0.3, 0.4) is 0 Å². The largest absolute Gasteiger partial charge is 0.351 e. The average molecular weight is 425 g/mol. The van der Waals surface area contributed by atoms with Crippen molar-refractivity contribution in [2.75, 3.05) is 17.7 Å². The van der Waals surface area contributed by atoms with Crippen LogP contribution in [0, 0.1) is 0 Å². The molecular weight excluding hydrogens is 404 g/mol. The first-order valence-electron chi connectivity index (χ1n) is 9.13. The summed E-state index contributed by atoms with van der Waals surface area (Å²) in [6, 6.07) is 14.4. The molecule has 148 valence electrons. The van der Waals surface area contributed by atoms with Crippen LogP contribution in [0.1, 0.15) is 15.9 Å². The highest BCUT2D eigenvalue weighted by molar-refractivity contribution is 8.76. The SMILES string of the molecule is CSSc1ccc(C(=O)NCC2Cc3ccccc3N2C(N)=O)c2cccnc12. The number of hydrogen-bond acceptors (Lipinski definition) is 5. The highest BCUT2D eigenvalue weighted by Gasteiger charge is 2.32. The van der Waals surface area contributed by atoms with E-state index >= 15 is 0 Å². The number of rotatable bonds is 5. The van der Waals surface area contributed by atoms with Crippen LogP contribution in [0.4, 0.5) is 10.5 Å². The van der Waals surface area contributed by atoms with Gasteiger partial charge in [0.1, 0.15) is 0 Å². The van der Waals surface area contributed by atoms with E-state index in [2.05, 4.69) is 10.3 Å². The van der Waals surface area contributed by atoms with Gasteiger partial charge in [-0.25, -0.2) is 4.79 Å². The predicted molar refractivity (Wildman–Crippen MR) is 119 cm³/mol. The van der Waals surface area contributed by atoms with Crippen LogP contribution in [0.2, 0.25) is 0 Å². The van der Waals surface area contributed by atoms with E-state index in [1.165, 1.54) is 0 Å². The molecule has 1 unspecified atom stereocenters. The van der Waals surface area contributed by atoms with Crippen molar-refractivity contribution in [3.63, 3.8) is 0 Å².